The van der Waals surface area contributed by atoms with Gasteiger partial charge in [-0.1, -0.05) is 49.3 Å². The number of nitrogens with zero attached hydrogens (tertiary/aromatic N) is 3. The molecule has 0 aliphatic heterocycles. The van der Waals surface area contributed by atoms with Crippen LogP contribution in [0.25, 0.3) is 5.53 Å². The second-order valence-electron chi connectivity index (χ2n) is 3.96. The van der Waals surface area contributed by atoms with Gasteiger partial charge in [0, 0.05) is 11.5 Å². The van der Waals surface area contributed by atoms with Gasteiger partial charge < -0.3 is 10.4 Å². The maximum atomic E-state index is 11.9. The minimum Gasteiger partial charge on any atom is -0.398 e. The number of carbonyl (C=O) groups is 1. The molecule has 0 aromatic heterocycles. The molecule has 94 valence electrons. The van der Waals surface area contributed by atoms with Crippen molar-refractivity contribution in [2.45, 2.75) is 13.8 Å². The molecule has 1 aromatic rings. The Morgan fingerprint density at radius 1 is 1.33 bits per heavy atom. The number of oxime groups is 1. The zero-order chi connectivity index (χ0) is 13.5. The standard InChI is InChI=1S/C13H15N3O2/c1-9(2)13(17)12(15-14)11(16-18-3)10-7-5-4-6-8-10/h4-9H,1-3H3/b16-11+. The quantitative estimate of drug-likeness (QED) is 0.344. The molecule has 0 saturated heterocycles. The Labute approximate surface area is 106 Å². The molecule has 0 bridgehead atoms. The lowest BCUT2D eigenvalue weighted by atomic mass is 9.97. The Hall–Kier alpha value is -2.26. The molecule has 0 N–H and O–H groups in total. The maximum absolute atomic E-state index is 11.9. The van der Waals surface area contributed by atoms with Gasteiger partial charge in [0.2, 0.25) is 11.5 Å². The molecule has 5 heteroatoms. The van der Waals surface area contributed by atoms with Crippen LogP contribution in [0.15, 0.2) is 35.5 Å². The van der Waals surface area contributed by atoms with Crippen LogP contribution in [0, 0.1) is 5.92 Å². The summed E-state index contributed by atoms with van der Waals surface area (Å²) < 4.78 is 0. The molecular weight excluding hydrogens is 230 g/mol. The summed E-state index contributed by atoms with van der Waals surface area (Å²) in [4.78, 5) is 19.7. The first-order valence-corrected chi connectivity index (χ1v) is 5.55. The maximum Gasteiger partial charge on any atom is 0.387 e. The molecule has 5 nitrogen and oxygen atoms in total. The van der Waals surface area contributed by atoms with Crippen molar-refractivity contribution in [3.05, 3.63) is 41.4 Å². The van der Waals surface area contributed by atoms with Gasteiger partial charge in [-0.15, -0.1) is 0 Å². The first-order chi connectivity index (χ1) is 8.61. The molecule has 1 aromatic carbocycles. The monoisotopic (exact) mass is 245 g/mol. The van der Waals surface area contributed by atoms with Gasteiger partial charge in [0.05, 0.1) is 0 Å². The Bertz CT molecular complexity index is 500. The van der Waals surface area contributed by atoms with E-state index in [0.717, 1.165) is 0 Å². The minimum absolute atomic E-state index is 0.0990. The molecule has 0 spiro atoms. The normalized spacial score (nSPS) is 11.0. The molecule has 0 heterocycles. The number of hydrogen-bond acceptors (Lipinski definition) is 3. The fraction of sp³-hybridized carbons (Fsp3) is 0.308. The van der Waals surface area contributed by atoms with Crippen LogP contribution in [0.3, 0.4) is 0 Å². The summed E-state index contributed by atoms with van der Waals surface area (Å²) in [5.74, 6) is -0.584. The van der Waals surface area contributed by atoms with E-state index >= 15 is 0 Å². The molecule has 0 unspecified atom stereocenters. The van der Waals surface area contributed by atoms with Crippen molar-refractivity contribution in [2.75, 3.05) is 7.11 Å². The lowest BCUT2D eigenvalue weighted by Crippen LogP contribution is -2.30. The van der Waals surface area contributed by atoms with Crippen molar-refractivity contribution in [1.82, 2.24) is 0 Å². The number of Topliss-reactive ketones (excluding diaryl/α,β-unsaturated/α-hetero) is 1. The Morgan fingerprint density at radius 3 is 2.39 bits per heavy atom. The molecule has 0 aliphatic rings. The fourth-order valence-electron chi connectivity index (χ4n) is 1.41. The topological polar surface area (TPSA) is 75.1 Å². The second-order valence-corrected chi connectivity index (χ2v) is 3.96. The third-order valence-electron chi connectivity index (χ3n) is 2.31. The van der Waals surface area contributed by atoms with Gasteiger partial charge in [0.1, 0.15) is 7.11 Å². The van der Waals surface area contributed by atoms with Crippen LogP contribution >= 0.6 is 0 Å². The largest absolute Gasteiger partial charge is 0.398 e. The molecule has 0 saturated carbocycles. The van der Waals surface area contributed by atoms with Crippen molar-refractivity contribution in [3.63, 3.8) is 0 Å². The molecule has 0 atom stereocenters. The number of benzene rings is 1. The Morgan fingerprint density at radius 2 is 1.94 bits per heavy atom. The summed E-state index contributed by atoms with van der Waals surface area (Å²) in [6.45, 7) is 3.45. The summed E-state index contributed by atoms with van der Waals surface area (Å²) in [6, 6.07) is 8.96. The van der Waals surface area contributed by atoms with E-state index in [1.54, 1.807) is 38.1 Å². The van der Waals surface area contributed by atoms with E-state index in [1.165, 1.54) is 7.11 Å². The number of carbonyl (C=O) groups excluding carboxylic acids is 1. The predicted octanol–water partition coefficient (Wildman–Crippen LogP) is 1.93. The summed E-state index contributed by atoms with van der Waals surface area (Å²) >= 11 is 0. The van der Waals surface area contributed by atoms with Crippen molar-refractivity contribution < 1.29 is 14.4 Å². The van der Waals surface area contributed by atoms with E-state index in [0.29, 0.717) is 5.56 Å². The summed E-state index contributed by atoms with van der Waals surface area (Å²) in [6.07, 6.45) is 0. The summed E-state index contributed by atoms with van der Waals surface area (Å²) in [5.41, 5.74) is 9.81. The third kappa shape index (κ3) is 3.12. The van der Waals surface area contributed by atoms with E-state index in [1.807, 2.05) is 6.07 Å². The smallest absolute Gasteiger partial charge is 0.387 e. The van der Waals surface area contributed by atoms with Crippen molar-refractivity contribution in [2.24, 2.45) is 11.1 Å². The molecule has 1 rings (SSSR count). The van der Waals surface area contributed by atoms with Crippen LogP contribution in [-0.4, -0.2) is 29.1 Å². The van der Waals surface area contributed by atoms with Crippen molar-refractivity contribution in [3.8, 4) is 0 Å². The van der Waals surface area contributed by atoms with E-state index in [9.17, 15) is 4.79 Å². The van der Waals surface area contributed by atoms with Gasteiger partial charge in [-0.25, -0.2) is 0 Å². The lowest BCUT2D eigenvalue weighted by Gasteiger charge is -2.03. The average Bonchev–Trinajstić information content (AvgIpc) is 2.39. The molecule has 0 amide bonds. The molecular formula is C13H15N3O2. The highest BCUT2D eigenvalue weighted by atomic mass is 16.6. The van der Waals surface area contributed by atoms with Crippen LogP contribution in [0.2, 0.25) is 0 Å². The van der Waals surface area contributed by atoms with E-state index in [4.69, 9.17) is 10.4 Å². The van der Waals surface area contributed by atoms with E-state index in [2.05, 4.69) is 9.95 Å². The highest BCUT2D eigenvalue weighted by molar-refractivity contribution is 6.68. The van der Waals surface area contributed by atoms with Crippen LogP contribution in [0.1, 0.15) is 19.4 Å². The Balaban J connectivity index is 3.26. The number of rotatable bonds is 5. The minimum atomic E-state index is -0.294. The second kappa shape index (κ2) is 6.47. The highest BCUT2D eigenvalue weighted by Gasteiger charge is 2.30. The van der Waals surface area contributed by atoms with Crippen LogP contribution < -0.4 is 0 Å². The SMILES string of the molecule is CO/N=C(/C(=[N+]=[N-])C(=O)C(C)C)c1ccccc1. The van der Waals surface area contributed by atoms with Gasteiger partial charge >= 0.3 is 5.71 Å². The Kier molecular flexibility index (Phi) is 4.96. The lowest BCUT2D eigenvalue weighted by molar-refractivity contribution is -0.119. The summed E-state index contributed by atoms with van der Waals surface area (Å²) in [5, 5.41) is 3.77. The van der Waals surface area contributed by atoms with E-state index in [-0.39, 0.29) is 23.1 Å². The van der Waals surface area contributed by atoms with Crippen molar-refractivity contribution >= 4 is 17.2 Å². The van der Waals surface area contributed by atoms with Crippen molar-refractivity contribution in [1.29, 1.82) is 0 Å². The van der Waals surface area contributed by atoms with Crippen LogP contribution in [0.5, 0.6) is 0 Å². The highest BCUT2D eigenvalue weighted by Crippen LogP contribution is 2.06. The first-order valence-electron chi connectivity index (χ1n) is 5.55. The van der Waals surface area contributed by atoms with Gasteiger partial charge in [-0.3, -0.25) is 4.79 Å². The molecule has 18 heavy (non-hydrogen) atoms. The first kappa shape index (κ1) is 13.8. The van der Waals surface area contributed by atoms with E-state index < -0.39 is 0 Å². The van der Waals surface area contributed by atoms with Crippen LogP contribution in [0.4, 0.5) is 0 Å². The average molecular weight is 245 g/mol. The van der Waals surface area contributed by atoms with Gasteiger partial charge in [0.15, 0.2) is 0 Å². The molecule has 0 aliphatic carbocycles. The fourth-order valence-corrected chi connectivity index (χ4v) is 1.41. The zero-order valence-corrected chi connectivity index (χ0v) is 10.6. The third-order valence-corrected chi connectivity index (χ3v) is 2.31. The number of ketones is 1. The molecule has 0 fully saturated rings. The van der Waals surface area contributed by atoms with Gasteiger partial charge in [0.25, 0.3) is 0 Å². The number of hydrogen-bond donors (Lipinski definition) is 0. The molecule has 0 radical (unpaired) electrons. The van der Waals surface area contributed by atoms with Gasteiger partial charge in [-0.05, 0) is 0 Å². The zero-order valence-electron chi connectivity index (χ0n) is 10.6. The predicted molar refractivity (Wildman–Crippen MR) is 68.5 cm³/mol. The van der Waals surface area contributed by atoms with Gasteiger partial charge in [-0.2, -0.15) is 4.79 Å². The summed E-state index contributed by atoms with van der Waals surface area (Å²) in [7, 11) is 1.37. The van der Waals surface area contributed by atoms with Crippen LogP contribution in [-0.2, 0) is 9.63 Å².